The zero-order valence-corrected chi connectivity index (χ0v) is 9.11. The maximum atomic E-state index is 11.8. The summed E-state index contributed by atoms with van der Waals surface area (Å²) in [4.78, 5) is 11.8. The number of carbonyl (C=O) groups excluding carboxylic acids is 1. The minimum Gasteiger partial charge on any atom is -0.464 e. The standard InChI is InChI=1S/C13H15NO2/c15-13(16-8-9-5-6-9)12-7-10-3-1-2-4-11(10)14-12/h1-4,9,12,14H,5-8H2. The lowest BCUT2D eigenvalue weighted by molar-refractivity contribution is -0.144. The molecule has 3 rings (SSSR count). The van der Waals surface area contributed by atoms with Crippen LogP contribution in [0, 0.1) is 5.92 Å². The van der Waals surface area contributed by atoms with E-state index in [0.29, 0.717) is 12.5 Å². The molecular formula is C13H15NO2. The molecular weight excluding hydrogens is 202 g/mol. The molecule has 0 saturated heterocycles. The minimum absolute atomic E-state index is 0.108. The van der Waals surface area contributed by atoms with E-state index in [-0.39, 0.29) is 12.0 Å². The highest BCUT2D eigenvalue weighted by atomic mass is 16.5. The molecule has 0 amide bonds. The van der Waals surface area contributed by atoms with Gasteiger partial charge in [0.05, 0.1) is 6.61 Å². The van der Waals surface area contributed by atoms with Gasteiger partial charge in [0.15, 0.2) is 0 Å². The van der Waals surface area contributed by atoms with E-state index in [1.54, 1.807) is 0 Å². The third-order valence-corrected chi connectivity index (χ3v) is 3.21. The number of hydrogen-bond acceptors (Lipinski definition) is 3. The van der Waals surface area contributed by atoms with E-state index in [9.17, 15) is 4.79 Å². The van der Waals surface area contributed by atoms with Gasteiger partial charge < -0.3 is 10.1 Å². The molecule has 16 heavy (non-hydrogen) atoms. The van der Waals surface area contributed by atoms with Gasteiger partial charge in [0.2, 0.25) is 0 Å². The van der Waals surface area contributed by atoms with Crippen molar-refractivity contribution >= 4 is 11.7 Å². The van der Waals surface area contributed by atoms with E-state index in [1.807, 2.05) is 18.2 Å². The number of esters is 1. The lowest BCUT2D eigenvalue weighted by atomic mass is 10.1. The Morgan fingerprint density at radius 3 is 2.94 bits per heavy atom. The SMILES string of the molecule is O=C(OCC1CC1)C1Cc2ccccc2N1. The van der Waals surface area contributed by atoms with Crippen molar-refractivity contribution in [3.63, 3.8) is 0 Å². The second-order valence-electron chi connectivity index (χ2n) is 4.63. The molecule has 1 fully saturated rings. The van der Waals surface area contributed by atoms with Gasteiger partial charge >= 0.3 is 5.97 Å². The first kappa shape index (κ1) is 9.70. The van der Waals surface area contributed by atoms with Gasteiger partial charge in [0.25, 0.3) is 0 Å². The van der Waals surface area contributed by atoms with E-state index < -0.39 is 0 Å². The van der Waals surface area contributed by atoms with Crippen LogP contribution in [0.25, 0.3) is 0 Å². The number of carbonyl (C=O) groups is 1. The molecule has 1 unspecified atom stereocenters. The average Bonchev–Trinajstić information content (AvgIpc) is 3.02. The molecule has 84 valence electrons. The number of anilines is 1. The lowest BCUT2D eigenvalue weighted by Crippen LogP contribution is -2.29. The Labute approximate surface area is 94.8 Å². The third-order valence-electron chi connectivity index (χ3n) is 3.21. The number of para-hydroxylation sites is 1. The monoisotopic (exact) mass is 217 g/mol. The summed E-state index contributed by atoms with van der Waals surface area (Å²) in [6.07, 6.45) is 3.18. The van der Waals surface area contributed by atoms with Crippen LogP contribution in [-0.4, -0.2) is 18.6 Å². The molecule has 1 atom stereocenters. The Bertz CT molecular complexity index is 387. The highest BCUT2D eigenvalue weighted by molar-refractivity contribution is 5.82. The number of rotatable bonds is 3. The number of ether oxygens (including phenoxy) is 1. The summed E-state index contributed by atoms with van der Waals surface area (Å²) >= 11 is 0. The van der Waals surface area contributed by atoms with Crippen molar-refractivity contribution in [2.45, 2.75) is 25.3 Å². The molecule has 0 bridgehead atoms. The fraction of sp³-hybridized carbons (Fsp3) is 0.462. The summed E-state index contributed by atoms with van der Waals surface area (Å²) in [6.45, 7) is 0.605. The average molecular weight is 217 g/mol. The van der Waals surface area contributed by atoms with Gasteiger partial charge in [-0.2, -0.15) is 0 Å². The Hall–Kier alpha value is -1.51. The van der Waals surface area contributed by atoms with Crippen LogP contribution in [0.15, 0.2) is 24.3 Å². The van der Waals surface area contributed by atoms with E-state index in [1.165, 1.54) is 18.4 Å². The summed E-state index contributed by atoms with van der Waals surface area (Å²) in [5, 5.41) is 3.20. The van der Waals surface area contributed by atoms with Crippen LogP contribution < -0.4 is 5.32 Å². The first-order valence-electron chi connectivity index (χ1n) is 5.84. The van der Waals surface area contributed by atoms with Crippen LogP contribution in [-0.2, 0) is 16.0 Å². The minimum atomic E-state index is -0.184. The third kappa shape index (κ3) is 1.90. The van der Waals surface area contributed by atoms with Crippen molar-refractivity contribution < 1.29 is 9.53 Å². The molecule has 2 aliphatic rings. The van der Waals surface area contributed by atoms with E-state index in [0.717, 1.165) is 12.1 Å². The van der Waals surface area contributed by atoms with Crippen molar-refractivity contribution in [3.05, 3.63) is 29.8 Å². The molecule has 3 nitrogen and oxygen atoms in total. The van der Waals surface area contributed by atoms with Crippen molar-refractivity contribution in [2.75, 3.05) is 11.9 Å². The highest BCUT2D eigenvalue weighted by Gasteiger charge is 2.29. The lowest BCUT2D eigenvalue weighted by Gasteiger charge is -2.10. The van der Waals surface area contributed by atoms with E-state index >= 15 is 0 Å². The molecule has 1 saturated carbocycles. The summed E-state index contributed by atoms with van der Waals surface area (Å²) in [5.74, 6) is 0.524. The molecule has 1 aliphatic carbocycles. The van der Waals surface area contributed by atoms with Crippen LogP contribution in [0.2, 0.25) is 0 Å². The Balaban J connectivity index is 1.59. The van der Waals surface area contributed by atoms with Crippen LogP contribution in [0.4, 0.5) is 5.69 Å². The Morgan fingerprint density at radius 1 is 1.38 bits per heavy atom. The van der Waals surface area contributed by atoms with Crippen LogP contribution in [0.5, 0.6) is 0 Å². The summed E-state index contributed by atoms with van der Waals surface area (Å²) < 4.78 is 5.28. The zero-order valence-electron chi connectivity index (χ0n) is 9.11. The van der Waals surface area contributed by atoms with Crippen LogP contribution in [0.1, 0.15) is 18.4 Å². The van der Waals surface area contributed by atoms with Gasteiger partial charge in [0.1, 0.15) is 6.04 Å². The number of fused-ring (bicyclic) bond motifs is 1. The molecule has 1 aromatic rings. The van der Waals surface area contributed by atoms with Crippen molar-refractivity contribution in [1.29, 1.82) is 0 Å². The van der Waals surface area contributed by atoms with Gasteiger partial charge in [0, 0.05) is 12.1 Å². The zero-order chi connectivity index (χ0) is 11.0. The smallest absolute Gasteiger partial charge is 0.328 e. The summed E-state index contributed by atoms with van der Waals surface area (Å²) in [7, 11) is 0. The Kier molecular flexibility index (Phi) is 2.31. The molecule has 0 radical (unpaired) electrons. The molecule has 1 N–H and O–H groups in total. The summed E-state index contributed by atoms with van der Waals surface area (Å²) in [5.41, 5.74) is 2.27. The first-order valence-corrected chi connectivity index (χ1v) is 5.84. The quantitative estimate of drug-likeness (QED) is 0.787. The Morgan fingerprint density at radius 2 is 2.19 bits per heavy atom. The number of benzene rings is 1. The van der Waals surface area contributed by atoms with Gasteiger partial charge in [-0.15, -0.1) is 0 Å². The fourth-order valence-corrected chi connectivity index (χ4v) is 2.03. The van der Waals surface area contributed by atoms with E-state index in [4.69, 9.17) is 4.74 Å². The second-order valence-corrected chi connectivity index (χ2v) is 4.63. The van der Waals surface area contributed by atoms with Crippen molar-refractivity contribution in [2.24, 2.45) is 5.92 Å². The predicted molar refractivity (Wildman–Crippen MR) is 61.2 cm³/mol. The van der Waals surface area contributed by atoms with Gasteiger partial charge in [-0.05, 0) is 30.4 Å². The topological polar surface area (TPSA) is 38.3 Å². The second kappa shape index (κ2) is 3.81. The summed E-state index contributed by atoms with van der Waals surface area (Å²) in [6, 6.07) is 7.85. The maximum absolute atomic E-state index is 11.8. The normalized spacial score (nSPS) is 22.4. The fourth-order valence-electron chi connectivity index (χ4n) is 2.03. The van der Waals surface area contributed by atoms with Gasteiger partial charge in [-0.3, -0.25) is 0 Å². The number of hydrogen-bond donors (Lipinski definition) is 1. The molecule has 1 aromatic carbocycles. The molecule has 3 heteroatoms. The van der Waals surface area contributed by atoms with Gasteiger partial charge in [-0.1, -0.05) is 18.2 Å². The van der Waals surface area contributed by atoms with Crippen molar-refractivity contribution in [1.82, 2.24) is 0 Å². The van der Waals surface area contributed by atoms with E-state index in [2.05, 4.69) is 11.4 Å². The molecule has 1 aliphatic heterocycles. The van der Waals surface area contributed by atoms with Gasteiger partial charge in [-0.25, -0.2) is 4.79 Å². The highest BCUT2D eigenvalue weighted by Crippen LogP contribution is 2.30. The molecule has 1 heterocycles. The molecule has 0 aromatic heterocycles. The number of nitrogens with one attached hydrogen (secondary N) is 1. The van der Waals surface area contributed by atoms with Crippen molar-refractivity contribution in [3.8, 4) is 0 Å². The largest absolute Gasteiger partial charge is 0.464 e. The maximum Gasteiger partial charge on any atom is 0.328 e. The predicted octanol–water partition coefficient (Wildman–Crippen LogP) is 1.98. The first-order chi connectivity index (χ1) is 7.83. The van der Waals surface area contributed by atoms with Crippen LogP contribution in [0.3, 0.4) is 0 Å². The van der Waals surface area contributed by atoms with Crippen LogP contribution >= 0.6 is 0 Å². The molecule has 0 spiro atoms.